The molecule has 0 amide bonds. The summed E-state index contributed by atoms with van der Waals surface area (Å²) in [7, 11) is 0. The molecule has 0 aliphatic carbocycles. The predicted molar refractivity (Wildman–Crippen MR) is 98.8 cm³/mol. The molecule has 0 aliphatic rings. The predicted octanol–water partition coefficient (Wildman–Crippen LogP) is 8.25. The fourth-order valence-corrected chi connectivity index (χ4v) is 3.13. The maximum absolute atomic E-state index is 2.32. The van der Waals surface area contributed by atoms with Crippen LogP contribution < -0.4 is 0 Å². The van der Waals surface area contributed by atoms with Crippen LogP contribution >= 0.6 is 0 Å². The van der Waals surface area contributed by atoms with Gasteiger partial charge in [0.05, 0.1) is 0 Å². The maximum atomic E-state index is 2.32. The number of rotatable bonds is 17. The third kappa shape index (κ3) is 16.2. The Morgan fingerprint density at radius 3 is 1.14 bits per heavy atom. The molecule has 0 spiro atoms. The van der Waals surface area contributed by atoms with Gasteiger partial charge in [0.15, 0.2) is 0 Å². The van der Waals surface area contributed by atoms with Gasteiger partial charge in [-0.25, -0.2) is 0 Å². The molecule has 0 aromatic heterocycles. The van der Waals surface area contributed by atoms with E-state index in [1.54, 1.807) is 0 Å². The van der Waals surface area contributed by atoms with E-state index in [-0.39, 0.29) is 0 Å². The summed E-state index contributed by atoms with van der Waals surface area (Å²) in [6.07, 6.45) is 24.3. The van der Waals surface area contributed by atoms with Gasteiger partial charge in [-0.15, -0.1) is 0 Å². The molecule has 0 fully saturated rings. The second-order valence-corrected chi connectivity index (χ2v) is 6.89. The SMILES string of the molecule is CCCCCCCCC[C](CCCCC)CCCCCC. The molecule has 0 aliphatic heterocycles. The van der Waals surface area contributed by atoms with E-state index >= 15 is 0 Å². The van der Waals surface area contributed by atoms with Gasteiger partial charge in [0.1, 0.15) is 0 Å². The van der Waals surface area contributed by atoms with Crippen molar-refractivity contribution in [1.82, 2.24) is 0 Å². The van der Waals surface area contributed by atoms with Gasteiger partial charge < -0.3 is 0 Å². The van der Waals surface area contributed by atoms with Crippen molar-refractivity contribution < 1.29 is 0 Å². The normalized spacial score (nSPS) is 11.4. The molecule has 1 radical (unpaired) electrons. The molecule has 0 saturated carbocycles. The highest BCUT2D eigenvalue weighted by molar-refractivity contribution is 4.89. The molecule has 0 heterocycles. The summed E-state index contributed by atoms with van der Waals surface area (Å²) in [6.45, 7) is 6.93. The standard InChI is InChI=1S/C21H43/c1-4-7-10-12-13-14-17-20-21(18-15-9-6-3)19-16-11-8-5-2/h4-20H2,1-3H3. The Labute approximate surface area is 136 Å². The molecule has 0 heteroatoms. The average Bonchev–Trinajstić information content (AvgIpc) is 2.50. The molecule has 0 bridgehead atoms. The number of unbranched alkanes of at least 4 members (excludes halogenated alkanes) is 11. The van der Waals surface area contributed by atoms with Crippen LogP contribution in [-0.2, 0) is 0 Å². The minimum absolute atomic E-state index is 1.36. The molecule has 21 heavy (non-hydrogen) atoms. The topological polar surface area (TPSA) is 0 Å². The molecule has 0 aromatic rings. The van der Waals surface area contributed by atoms with Crippen LogP contribution in [0.15, 0.2) is 0 Å². The first-order chi connectivity index (χ1) is 10.3. The van der Waals surface area contributed by atoms with Crippen LogP contribution in [0.4, 0.5) is 0 Å². The lowest BCUT2D eigenvalue weighted by Crippen LogP contribution is -1.99. The number of hydrogen-bond acceptors (Lipinski definition) is 0. The van der Waals surface area contributed by atoms with Crippen LogP contribution in [0.3, 0.4) is 0 Å². The first-order valence-corrected chi connectivity index (χ1v) is 10.2. The quantitative estimate of drug-likeness (QED) is 0.237. The zero-order valence-corrected chi connectivity index (χ0v) is 15.5. The van der Waals surface area contributed by atoms with Crippen molar-refractivity contribution in [3.63, 3.8) is 0 Å². The third-order valence-corrected chi connectivity index (χ3v) is 4.65. The van der Waals surface area contributed by atoms with Crippen LogP contribution in [-0.4, -0.2) is 0 Å². The van der Waals surface area contributed by atoms with E-state index in [9.17, 15) is 0 Å². The summed E-state index contributed by atoms with van der Waals surface area (Å²) in [6, 6.07) is 0. The van der Waals surface area contributed by atoms with Gasteiger partial charge in [-0.1, -0.05) is 111 Å². The van der Waals surface area contributed by atoms with Gasteiger partial charge in [0.25, 0.3) is 0 Å². The van der Waals surface area contributed by atoms with Gasteiger partial charge >= 0.3 is 0 Å². The summed E-state index contributed by atoms with van der Waals surface area (Å²) in [4.78, 5) is 0. The summed E-state index contributed by atoms with van der Waals surface area (Å²) in [5, 5.41) is 0. The maximum Gasteiger partial charge on any atom is -0.0241 e. The lowest BCUT2D eigenvalue weighted by Gasteiger charge is -2.16. The lowest BCUT2D eigenvalue weighted by molar-refractivity contribution is 0.523. The minimum atomic E-state index is 1.36. The lowest BCUT2D eigenvalue weighted by atomic mass is 9.90. The van der Waals surface area contributed by atoms with E-state index in [4.69, 9.17) is 0 Å². The number of hydrogen-bond donors (Lipinski definition) is 0. The van der Waals surface area contributed by atoms with Crippen LogP contribution in [0.25, 0.3) is 0 Å². The summed E-state index contributed by atoms with van der Waals surface area (Å²) < 4.78 is 0. The van der Waals surface area contributed by atoms with Crippen molar-refractivity contribution in [1.29, 1.82) is 0 Å². The van der Waals surface area contributed by atoms with Crippen LogP contribution in [0.5, 0.6) is 0 Å². The Bertz CT molecular complexity index is 173. The molecular weight excluding hydrogens is 252 g/mol. The molecule has 0 aromatic carbocycles. The van der Waals surface area contributed by atoms with E-state index in [0.717, 1.165) is 0 Å². The summed E-state index contributed by atoms with van der Waals surface area (Å²) in [5.41, 5.74) is 0. The summed E-state index contributed by atoms with van der Waals surface area (Å²) >= 11 is 0. The molecule has 0 rings (SSSR count). The second-order valence-electron chi connectivity index (χ2n) is 6.89. The van der Waals surface area contributed by atoms with E-state index < -0.39 is 0 Å². The van der Waals surface area contributed by atoms with E-state index in [0.29, 0.717) is 0 Å². The fraction of sp³-hybridized carbons (Fsp3) is 0.952. The van der Waals surface area contributed by atoms with Crippen molar-refractivity contribution in [2.45, 2.75) is 130 Å². The Balaban J connectivity index is 3.61. The zero-order chi connectivity index (χ0) is 15.6. The molecule has 0 nitrogen and oxygen atoms in total. The Morgan fingerprint density at radius 1 is 0.381 bits per heavy atom. The largest absolute Gasteiger partial charge is 0.0654 e. The van der Waals surface area contributed by atoms with Crippen molar-refractivity contribution in [3.05, 3.63) is 5.92 Å². The highest BCUT2D eigenvalue weighted by Gasteiger charge is 2.08. The average molecular weight is 296 g/mol. The second kappa shape index (κ2) is 18.1. The van der Waals surface area contributed by atoms with Gasteiger partial charge in [0.2, 0.25) is 0 Å². The first-order valence-electron chi connectivity index (χ1n) is 10.2. The first kappa shape index (κ1) is 21.0. The minimum Gasteiger partial charge on any atom is -0.0654 e. The van der Waals surface area contributed by atoms with Gasteiger partial charge in [-0.2, -0.15) is 0 Å². The van der Waals surface area contributed by atoms with Crippen molar-refractivity contribution in [2.75, 3.05) is 0 Å². The summed E-state index contributed by atoms with van der Waals surface area (Å²) in [5.74, 6) is 1.90. The zero-order valence-electron chi connectivity index (χ0n) is 15.5. The van der Waals surface area contributed by atoms with E-state index in [1.807, 2.05) is 5.92 Å². The van der Waals surface area contributed by atoms with Crippen molar-refractivity contribution in [3.8, 4) is 0 Å². The van der Waals surface area contributed by atoms with Crippen LogP contribution in [0, 0.1) is 5.92 Å². The van der Waals surface area contributed by atoms with Crippen molar-refractivity contribution >= 4 is 0 Å². The fourth-order valence-electron chi connectivity index (χ4n) is 3.13. The smallest absolute Gasteiger partial charge is 0.0241 e. The van der Waals surface area contributed by atoms with Gasteiger partial charge in [-0.05, 0) is 25.2 Å². The van der Waals surface area contributed by atoms with Gasteiger partial charge in [0, 0.05) is 0 Å². The Hall–Kier alpha value is 0. The highest BCUT2D eigenvalue weighted by Crippen LogP contribution is 2.26. The van der Waals surface area contributed by atoms with Crippen LogP contribution in [0.1, 0.15) is 130 Å². The molecule has 0 saturated heterocycles. The molecule has 0 atom stereocenters. The molecular formula is C21H43. The molecule has 127 valence electrons. The Morgan fingerprint density at radius 2 is 0.667 bits per heavy atom. The van der Waals surface area contributed by atoms with E-state index in [1.165, 1.54) is 109 Å². The third-order valence-electron chi connectivity index (χ3n) is 4.65. The Kier molecular flexibility index (Phi) is 18.1. The highest BCUT2D eigenvalue weighted by atomic mass is 14.1. The van der Waals surface area contributed by atoms with Crippen LogP contribution in [0.2, 0.25) is 0 Å². The molecule has 0 N–H and O–H groups in total. The molecule has 0 unspecified atom stereocenters. The van der Waals surface area contributed by atoms with Gasteiger partial charge in [-0.3, -0.25) is 0 Å². The monoisotopic (exact) mass is 295 g/mol. The van der Waals surface area contributed by atoms with E-state index in [2.05, 4.69) is 20.8 Å². The van der Waals surface area contributed by atoms with Crippen molar-refractivity contribution in [2.24, 2.45) is 0 Å².